The minimum absolute atomic E-state index is 0.432. The molecule has 0 aliphatic carbocycles. The van der Waals surface area contributed by atoms with Crippen LogP contribution in [0.4, 0.5) is 5.82 Å². The molecule has 3 heteroatoms. The van der Waals surface area contributed by atoms with E-state index in [0.717, 1.165) is 5.57 Å². The van der Waals surface area contributed by atoms with Crippen molar-refractivity contribution in [2.75, 3.05) is 5.73 Å². The van der Waals surface area contributed by atoms with Gasteiger partial charge in [-0.15, -0.1) is 0 Å². The first-order valence-electron chi connectivity index (χ1n) is 4.28. The van der Waals surface area contributed by atoms with Crippen LogP contribution in [0.1, 0.15) is 13.8 Å². The zero-order valence-corrected chi connectivity index (χ0v) is 8.07. The normalized spacial score (nSPS) is 12.1. The number of nitrogen functional groups attached to an aromatic ring is 1. The minimum Gasteiger partial charge on any atom is -0.384 e. The molecular formula is C10H15N3. The molecule has 0 spiro atoms. The average molecular weight is 177 g/mol. The van der Waals surface area contributed by atoms with Crippen molar-refractivity contribution in [3.63, 3.8) is 0 Å². The van der Waals surface area contributed by atoms with E-state index in [-0.39, 0.29) is 0 Å². The fourth-order valence-corrected chi connectivity index (χ4v) is 1.01. The van der Waals surface area contributed by atoms with Crippen LogP contribution in [0.2, 0.25) is 0 Å². The minimum atomic E-state index is 0.432. The van der Waals surface area contributed by atoms with Crippen molar-refractivity contribution in [3.8, 4) is 0 Å². The van der Waals surface area contributed by atoms with Crippen LogP contribution in [-0.4, -0.2) is 9.78 Å². The summed E-state index contributed by atoms with van der Waals surface area (Å²) < 4.78 is 1.65. The van der Waals surface area contributed by atoms with E-state index in [1.54, 1.807) is 16.9 Å². The Bertz CT molecular complexity index is 321. The third kappa shape index (κ3) is 2.21. The van der Waals surface area contributed by atoms with Crippen molar-refractivity contribution in [2.24, 2.45) is 5.92 Å². The lowest BCUT2D eigenvalue weighted by atomic mass is 10.1. The van der Waals surface area contributed by atoms with E-state index in [9.17, 15) is 0 Å². The van der Waals surface area contributed by atoms with Gasteiger partial charge in [0, 0.05) is 12.3 Å². The number of aromatic nitrogens is 2. The van der Waals surface area contributed by atoms with Gasteiger partial charge in [-0.2, -0.15) is 5.10 Å². The van der Waals surface area contributed by atoms with Crippen LogP contribution >= 0.6 is 0 Å². The lowest BCUT2D eigenvalue weighted by Crippen LogP contribution is -1.99. The van der Waals surface area contributed by atoms with E-state index < -0.39 is 0 Å². The first-order chi connectivity index (χ1) is 6.15. The van der Waals surface area contributed by atoms with Gasteiger partial charge in [-0.1, -0.05) is 26.5 Å². The average Bonchev–Trinajstić information content (AvgIpc) is 2.46. The Morgan fingerprint density at radius 1 is 1.69 bits per heavy atom. The second kappa shape index (κ2) is 3.94. The Morgan fingerprint density at radius 2 is 2.38 bits per heavy atom. The molecule has 13 heavy (non-hydrogen) atoms. The lowest BCUT2D eigenvalue weighted by Gasteiger charge is -2.06. The maximum Gasteiger partial charge on any atom is 0.126 e. The van der Waals surface area contributed by atoms with Crippen LogP contribution < -0.4 is 5.73 Å². The maximum absolute atomic E-state index is 5.67. The molecule has 0 aromatic carbocycles. The van der Waals surface area contributed by atoms with Crippen molar-refractivity contribution in [2.45, 2.75) is 13.8 Å². The fourth-order valence-electron chi connectivity index (χ4n) is 1.01. The van der Waals surface area contributed by atoms with Crippen LogP contribution in [0.5, 0.6) is 0 Å². The summed E-state index contributed by atoms with van der Waals surface area (Å²) in [4.78, 5) is 0. The molecule has 1 aromatic rings. The summed E-state index contributed by atoms with van der Waals surface area (Å²) in [7, 11) is 0. The Kier molecular flexibility index (Phi) is 2.90. The number of hydrogen-bond acceptors (Lipinski definition) is 2. The van der Waals surface area contributed by atoms with E-state index in [1.807, 2.05) is 12.3 Å². The summed E-state index contributed by atoms with van der Waals surface area (Å²) in [6.07, 6.45) is 5.39. The lowest BCUT2D eigenvalue weighted by molar-refractivity contribution is 0.786. The third-order valence-electron chi connectivity index (χ3n) is 1.87. The van der Waals surface area contributed by atoms with Crippen molar-refractivity contribution in [3.05, 3.63) is 30.5 Å². The van der Waals surface area contributed by atoms with Gasteiger partial charge < -0.3 is 5.73 Å². The fraction of sp³-hybridized carbons (Fsp3) is 0.300. The summed E-state index contributed by atoms with van der Waals surface area (Å²) >= 11 is 0. The second-order valence-electron chi connectivity index (χ2n) is 3.19. The molecule has 0 atom stereocenters. The molecule has 0 radical (unpaired) electrons. The van der Waals surface area contributed by atoms with Crippen LogP contribution in [0.15, 0.2) is 30.5 Å². The molecule has 1 heterocycles. The highest BCUT2D eigenvalue weighted by Crippen LogP contribution is 2.13. The molecule has 1 rings (SSSR count). The molecule has 0 amide bonds. The molecule has 0 fully saturated rings. The number of nitrogens with two attached hydrogens (primary N) is 1. The number of rotatable bonds is 3. The van der Waals surface area contributed by atoms with E-state index >= 15 is 0 Å². The Balaban J connectivity index is 2.98. The first kappa shape index (κ1) is 9.58. The number of hydrogen-bond donors (Lipinski definition) is 1. The monoisotopic (exact) mass is 177 g/mol. The SMILES string of the molecule is C=C/C(=C\n1nccc1N)C(C)C. The topological polar surface area (TPSA) is 43.8 Å². The standard InChI is InChI=1S/C10H15N3/c1-4-9(8(2)3)7-13-10(11)5-6-12-13/h4-8H,1,11H2,2-3H3/b9-7+. The molecule has 0 saturated carbocycles. The van der Waals surface area contributed by atoms with Gasteiger partial charge in [-0.25, -0.2) is 4.68 Å². The van der Waals surface area contributed by atoms with Crippen molar-refractivity contribution in [1.29, 1.82) is 0 Å². The van der Waals surface area contributed by atoms with E-state index in [1.165, 1.54) is 0 Å². The molecule has 0 unspecified atom stereocenters. The van der Waals surface area contributed by atoms with Gasteiger partial charge in [-0.05, 0) is 11.5 Å². The highest BCUT2D eigenvalue weighted by Gasteiger charge is 2.00. The molecule has 1 aromatic heterocycles. The maximum atomic E-state index is 5.67. The molecule has 0 aliphatic heterocycles. The summed E-state index contributed by atoms with van der Waals surface area (Å²) in [5, 5.41) is 4.05. The van der Waals surface area contributed by atoms with E-state index in [2.05, 4.69) is 25.5 Å². The van der Waals surface area contributed by atoms with Crippen LogP contribution in [0.3, 0.4) is 0 Å². The number of anilines is 1. The molecule has 3 nitrogen and oxygen atoms in total. The molecular weight excluding hydrogens is 162 g/mol. The molecule has 70 valence electrons. The Labute approximate surface area is 78.6 Å². The quantitative estimate of drug-likeness (QED) is 0.719. The van der Waals surface area contributed by atoms with Gasteiger partial charge in [0.2, 0.25) is 0 Å². The summed E-state index contributed by atoms with van der Waals surface area (Å²) in [5.74, 6) is 1.07. The largest absolute Gasteiger partial charge is 0.384 e. The molecule has 0 aliphatic rings. The van der Waals surface area contributed by atoms with Crippen molar-refractivity contribution < 1.29 is 0 Å². The van der Waals surface area contributed by atoms with Gasteiger partial charge >= 0.3 is 0 Å². The van der Waals surface area contributed by atoms with Gasteiger partial charge in [0.05, 0.1) is 6.20 Å². The molecule has 2 N–H and O–H groups in total. The van der Waals surface area contributed by atoms with Crippen LogP contribution in [0, 0.1) is 5.92 Å². The van der Waals surface area contributed by atoms with E-state index in [4.69, 9.17) is 5.73 Å². The molecule has 0 bridgehead atoms. The molecule has 0 saturated heterocycles. The van der Waals surface area contributed by atoms with Crippen LogP contribution in [0.25, 0.3) is 6.20 Å². The zero-order valence-electron chi connectivity index (χ0n) is 8.07. The predicted octanol–water partition coefficient (Wildman–Crippen LogP) is 2.15. The predicted molar refractivity (Wildman–Crippen MR) is 55.9 cm³/mol. The smallest absolute Gasteiger partial charge is 0.126 e. The first-order valence-corrected chi connectivity index (χ1v) is 4.28. The van der Waals surface area contributed by atoms with Gasteiger partial charge in [0.25, 0.3) is 0 Å². The second-order valence-corrected chi connectivity index (χ2v) is 3.19. The zero-order chi connectivity index (χ0) is 9.84. The van der Waals surface area contributed by atoms with Crippen molar-refractivity contribution >= 4 is 12.0 Å². The summed E-state index contributed by atoms with van der Waals surface area (Å²) in [6.45, 7) is 7.95. The highest BCUT2D eigenvalue weighted by molar-refractivity contribution is 5.44. The van der Waals surface area contributed by atoms with Crippen LogP contribution in [-0.2, 0) is 0 Å². The van der Waals surface area contributed by atoms with Gasteiger partial charge in [-0.3, -0.25) is 0 Å². The number of nitrogens with zero attached hydrogens (tertiary/aromatic N) is 2. The Morgan fingerprint density at radius 3 is 2.77 bits per heavy atom. The number of allylic oxidation sites excluding steroid dienone is 2. The summed E-state index contributed by atoms with van der Waals surface area (Å²) in [6, 6.07) is 1.76. The Hall–Kier alpha value is -1.51. The highest BCUT2D eigenvalue weighted by atomic mass is 15.3. The van der Waals surface area contributed by atoms with Gasteiger partial charge in [0.15, 0.2) is 0 Å². The summed E-state index contributed by atoms with van der Waals surface area (Å²) in [5.41, 5.74) is 6.79. The third-order valence-corrected chi connectivity index (χ3v) is 1.87. The van der Waals surface area contributed by atoms with Gasteiger partial charge in [0.1, 0.15) is 5.82 Å². The van der Waals surface area contributed by atoms with E-state index in [0.29, 0.717) is 11.7 Å². The van der Waals surface area contributed by atoms with Crippen molar-refractivity contribution in [1.82, 2.24) is 9.78 Å².